The van der Waals surface area contributed by atoms with Crippen LogP contribution in [0.4, 0.5) is 10.5 Å². The number of piperidine rings is 6. The van der Waals surface area contributed by atoms with Gasteiger partial charge in [-0.25, -0.2) is 4.79 Å². The van der Waals surface area contributed by atoms with Gasteiger partial charge in [0.15, 0.2) is 0 Å². The first-order valence-electron chi connectivity index (χ1n) is 23.0. The predicted octanol–water partition coefficient (Wildman–Crippen LogP) is 4.95. The number of amides is 2. The number of hydrogen-bond donors (Lipinski definition) is 4. The zero-order valence-electron chi connectivity index (χ0n) is 37.3. The molecule has 0 unspecified atom stereocenters. The first-order chi connectivity index (χ1) is 30.5. The van der Waals surface area contributed by atoms with Crippen molar-refractivity contribution in [1.29, 1.82) is 0 Å². The number of urea groups is 1. The van der Waals surface area contributed by atoms with E-state index in [4.69, 9.17) is 23.2 Å². The molecule has 6 saturated heterocycles. The molecule has 0 aliphatic carbocycles. The Balaban J connectivity index is 0.000000217. The summed E-state index contributed by atoms with van der Waals surface area (Å²) in [5.74, 6) is 0. The predicted molar refractivity (Wildman–Crippen MR) is 257 cm³/mol. The number of benzene rings is 5. The van der Waals surface area contributed by atoms with E-state index in [1.807, 2.05) is 54.6 Å². The highest BCUT2D eigenvalue weighted by Gasteiger charge is 2.61. The molecule has 5 aromatic carbocycles. The van der Waals surface area contributed by atoms with Crippen molar-refractivity contribution in [3.05, 3.63) is 184 Å². The third kappa shape index (κ3) is 10.2. The van der Waals surface area contributed by atoms with Crippen molar-refractivity contribution in [2.45, 2.75) is 62.6 Å². The largest absolute Gasteiger partial charge is 1.00 e. The summed E-state index contributed by atoms with van der Waals surface area (Å²) in [5, 5.41) is 31.5. The quantitative estimate of drug-likeness (QED) is 0.0724. The molecule has 4 bridgehead atoms. The molecule has 65 heavy (non-hydrogen) atoms. The Hall–Kier alpha value is -3.51. The van der Waals surface area contributed by atoms with Gasteiger partial charge in [-0.3, -0.25) is 0 Å². The first-order valence-corrected chi connectivity index (χ1v) is 23.7. The molecule has 0 aromatic heterocycles. The molecule has 6 aliphatic heterocycles. The van der Waals surface area contributed by atoms with E-state index >= 15 is 0 Å². The summed E-state index contributed by atoms with van der Waals surface area (Å²) in [5.41, 5.74) is 2.37. The molecule has 6 fully saturated rings. The third-order valence-corrected chi connectivity index (χ3v) is 16.3. The maximum atomic E-state index is 12.5. The minimum Gasteiger partial charge on any atom is -1.00 e. The van der Waals surface area contributed by atoms with Crippen LogP contribution in [0.2, 0.25) is 10.0 Å². The summed E-state index contributed by atoms with van der Waals surface area (Å²) in [6.07, 6.45) is 10.5. The van der Waals surface area contributed by atoms with Crippen molar-refractivity contribution in [3.8, 4) is 0 Å². The first kappa shape index (κ1) is 50.9. The zero-order chi connectivity index (χ0) is 44.0. The van der Waals surface area contributed by atoms with Crippen molar-refractivity contribution in [2.24, 2.45) is 10.8 Å². The molecule has 6 heterocycles. The smallest absolute Gasteiger partial charge is 0.319 e. The highest BCUT2D eigenvalue weighted by Crippen LogP contribution is 2.59. The van der Waals surface area contributed by atoms with Gasteiger partial charge in [0.1, 0.15) is 11.2 Å². The normalized spacial score (nSPS) is 24.3. The van der Waals surface area contributed by atoms with Gasteiger partial charge in [0.05, 0.1) is 69.6 Å². The zero-order valence-corrected chi connectivity index (χ0v) is 42.0. The third-order valence-electron chi connectivity index (χ3n) is 15.8. The summed E-state index contributed by atoms with van der Waals surface area (Å²) in [6.45, 7) is 13.1. The van der Waals surface area contributed by atoms with Crippen LogP contribution in [0, 0.1) is 10.8 Å². The van der Waals surface area contributed by atoms with E-state index in [1.54, 1.807) is 18.2 Å². The number of nitrogens with one attached hydrogen (secondary N) is 2. The van der Waals surface area contributed by atoms with E-state index < -0.39 is 11.2 Å². The van der Waals surface area contributed by atoms with Crippen molar-refractivity contribution in [2.75, 3.05) is 64.2 Å². The van der Waals surface area contributed by atoms with E-state index in [2.05, 4.69) is 90.0 Å². The second-order valence-electron chi connectivity index (χ2n) is 18.9. The van der Waals surface area contributed by atoms with Gasteiger partial charge < -0.3 is 63.8 Å². The van der Waals surface area contributed by atoms with Crippen LogP contribution in [0.5, 0.6) is 0 Å². The highest BCUT2D eigenvalue weighted by atomic mass is 79.9. The number of anilines is 1. The number of quaternary nitrogens is 2. The van der Waals surface area contributed by atoms with Gasteiger partial charge in [-0.15, -0.1) is 6.58 Å². The molecule has 346 valence electrons. The fourth-order valence-corrected chi connectivity index (χ4v) is 12.4. The van der Waals surface area contributed by atoms with Crippen LogP contribution in [-0.4, -0.2) is 84.1 Å². The standard InChI is InChI=1S/C29H31Cl2N3O2.C25H32NO.2BrH/c30-24-11-12-26(25(31)21-24)33-27(35)32-16-20-34-17-13-28(14-18-34,15-19-34)29(36,22-7-3-1-4-8-22)23-9-5-2-6-10-23;1-2-3-10-18-26-19-15-24(16-20-26,17-21-26)25(27,22-11-6-4-7-12-22)23-13-8-5-9-14-23;;/h1-12,21,36H,13-20H2,(H-,32,33,35);2,4-9,11-14,27H,1,3,10,15-21H2;2*1H/q;+1;;/p-1. The molecule has 5 aromatic rings. The molecular formula is C54H64Br2Cl2N4O3. The highest BCUT2D eigenvalue weighted by molar-refractivity contribution is 6.36. The van der Waals surface area contributed by atoms with Gasteiger partial charge in [0, 0.05) is 60.8 Å². The van der Waals surface area contributed by atoms with Gasteiger partial charge in [0.2, 0.25) is 0 Å². The Morgan fingerprint density at radius 2 is 0.969 bits per heavy atom. The Morgan fingerprint density at radius 3 is 1.32 bits per heavy atom. The summed E-state index contributed by atoms with van der Waals surface area (Å²) < 4.78 is 2.22. The van der Waals surface area contributed by atoms with Crippen LogP contribution in [-0.2, 0) is 11.2 Å². The summed E-state index contributed by atoms with van der Waals surface area (Å²) in [6, 6.07) is 45.7. The van der Waals surface area contributed by atoms with Crippen LogP contribution in [0.1, 0.15) is 73.6 Å². The summed E-state index contributed by atoms with van der Waals surface area (Å²) in [7, 11) is 0. The number of allylic oxidation sites excluding steroid dienone is 1. The number of unbranched alkanes of at least 4 members (excludes halogenated alkanes) is 1. The molecule has 2 amide bonds. The molecule has 11 rings (SSSR count). The lowest BCUT2D eigenvalue weighted by molar-refractivity contribution is -0.946. The number of carbonyl (C=O) groups is 1. The van der Waals surface area contributed by atoms with Gasteiger partial charge >= 0.3 is 6.03 Å². The number of carbonyl (C=O) groups excluding carboxylic acids is 1. The van der Waals surface area contributed by atoms with Gasteiger partial charge in [-0.05, 0) is 46.9 Å². The Morgan fingerprint density at radius 1 is 0.600 bits per heavy atom. The minimum absolute atomic E-state index is 0. The molecule has 7 nitrogen and oxygen atoms in total. The van der Waals surface area contributed by atoms with E-state index in [1.165, 1.54) is 37.1 Å². The van der Waals surface area contributed by atoms with Gasteiger partial charge in [-0.2, -0.15) is 0 Å². The van der Waals surface area contributed by atoms with E-state index in [9.17, 15) is 15.0 Å². The summed E-state index contributed by atoms with van der Waals surface area (Å²) >= 11 is 12.1. The number of fused-ring (bicyclic) bond motifs is 6. The van der Waals surface area contributed by atoms with Crippen molar-refractivity contribution in [1.82, 2.24) is 5.32 Å². The van der Waals surface area contributed by atoms with Crippen LogP contribution in [0.15, 0.2) is 152 Å². The van der Waals surface area contributed by atoms with Gasteiger partial charge in [0.25, 0.3) is 0 Å². The molecule has 0 spiro atoms. The van der Waals surface area contributed by atoms with E-state index in [0.29, 0.717) is 22.3 Å². The average molecular weight is 1050 g/mol. The number of hydrogen-bond acceptors (Lipinski definition) is 3. The topological polar surface area (TPSA) is 81.6 Å². The number of nitrogens with zero attached hydrogens (tertiary/aromatic N) is 2. The fraction of sp³-hybridized carbons (Fsp3) is 0.389. The molecule has 0 atom stereocenters. The molecular weight excluding hydrogens is 983 g/mol. The minimum atomic E-state index is -1.03. The Kier molecular flexibility index (Phi) is 16.9. The second kappa shape index (κ2) is 21.6. The Labute approximate surface area is 417 Å². The second-order valence-corrected chi connectivity index (χ2v) is 19.7. The fourth-order valence-electron chi connectivity index (χ4n) is 11.9. The summed E-state index contributed by atoms with van der Waals surface area (Å²) in [4.78, 5) is 12.4. The van der Waals surface area contributed by atoms with E-state index in [0.717, 1.165) is 97.9 Å². The van der Waals surface area contributed by atoms with Crippen molar-refractivity contribution < 1.29 is 57.9 Å². The number of rotatable bonds is 14. The molecule has 0 saturated carbocycles. The van der Waals surface area contributed by atoms with Gasteiger partial charge in [-0.1, -0.05) is 151 Å². The molecule has 0 radical (unpaired) electrons. The molecule has 11 heteroatoms. The lowest BCUT2D eigenvalue weighted by Crippen LogP contribution is -3.00. The lowest BCUT2D eigenvalue weighted by atomic mass is 9.56. The maximum Gasteiger partial charge on any atom is 0.319 e. The molecule has 4 N–H and O–H groups in total. The average Bonchev–Trinajstić information content (AvgIpc) is 3.34. The van der Waals surface area contributed by atoms with Crippen molar-refractivity contribution in [3.63, 3.8) is 0 Å². The monoisotopic (exact) mass is 1040 g/mol. The number of aliphatic hydroxyl groups is 2. The van der Waals surface area contributed by atoms with Crippen molar-refractivity contribution >= 4 is 34.9 Å². The Bertz CT molecular complexity index is 2190. The van der Waals surface area contributed by atoms with Crippen LogP contribution in [0.3, 0.4) is 0 Å². The van der Waals surface area contributed by atoms with E-state index in [-0.39, 0.29) is 50.8 Å². The lowest BCUT2D eigenvalue weighted by Gasteiger charge is -2.60. The number of halogens is 4. The van der Waals surface area contributed by atoms with Crippen LogP contribution >= 0.6 is 23.2 Å². The SMILES string of the molecule is C=CCCC[N+]12CCC(C(O)(c3ccccc3)c3ccccc3)(CC1)CC2.O=C(NCC[N+]12CCC(C(O)(c3ccccc3)c3ccccc3)(CC1)CC2)Nc1ccc(Cl)cc1Cl.[Br-].[Br-]. The molecule has 6 aliphatic rings. The van der Waals surface area contributed by atoms with Crippen LogP contribution < -0.4 is 44.6 Å². The van der Waals surface area contributed by atoms with Crippen LogP contribution in [0.25, 0.3) is 0 Å². The maximum absolute atomic E-state index is 12.5.